The monoisotopic (exact) mass is 273 g/mol. The van der Waals surface area contributed by atoms with Crippen LogP contribution < -0.4 is 16.6 Å². The highest BCUT2D eigenvalue weighted by Gasteiger charge is 2.07. The highest BCUT2D eigenvalue weighted by Crippen LogP contribution is 2.16. The molecule has 0 fully saturated rings. The molecule has 20 heavy (non-hydrogen) atoms. The Balaban J connectivity index is 2.28. The molecule has 0 radical (unpaired) electrons. The van der Waals surface area contributed by atoms with Gasteiger partial charge in [-0.15, -0.1) is 0 Å². The van der Waals surface area contributed by atoms with E-state index in [1.807, 2.05) is 7.05 Å². The third kappa shape index (κ3) is 2.78. The van der Waals surface area contributed by atoms with E-state index in [-0.39, 0.29) is 5.56 Å². The predicted molar refractivity (Wildman–Crippen MR) is 75.4 cm³/mol. The predicted octanol–water partition coefficient (Wildman–Crippen LogP) is 0.756. The molecular formula is C13H15N5O2. The van der Waals surface area contributed by atoms with Gasteiger partial charge in [-0.05, 0) is 18.2 Å². The van der Waals surface area contributed by atoms with Crippen LogP contribution in [-0.2, 0) is 7.05 Å². The van der Waals surface area contributed by atoms with Crippen LogP contribution in [0.1, 0.15) is 16.1 Å². The second-order valence-corrected chi connectivity index (χ2v) is 4.24. The highest BCUT2D eigenvalue weighted by atomic mass is 16.4. The second-order valence-electron chi connectivity index (χ2n) is 4.24. The number of aromatic carboxylic acids is 1. The summed E-state index contributed by atoms with van der Waals surface area (Å²) < 4.78 is 1.76. The van der Waals surface area contributed by atoms with Crippen molar-refractivity contribution < 1.29 is 9.90 Å². The summed E-state index contributed by atoms with van der Waals surface area (Å²) in [5.41, 5.74) is 7.76. The van der Waals surface area contributed by atoms with E-state index in [0.29, 0.717) is 11.4 Å². The van der Waals surface area contributed by atoms with Crippen molar-refractivity contribution in [3.05, 3.63) is 54.2 Å². The molecule has 5 N–H and O–H groups in total. The summed E-state index contributed by atoms with van der Waals surface area (Å²) in [6.45, 7) is 0. The summed E-state index contributed by atoms with van der Waals surface area (Å²) in [5.74, 6) is 4.87. The SMILES string of the molecule is Cn1cncc1/C(N)=C/N(N)c1cccc(C(=O)O)c1. The van der Waals surface area contributed by atoms with Crippen LogP contribution >= 0.6 is 0 Å². The lowest BCUT2D eigenvalue weighted by molar-refractivity contribution is 0.0697. The minimum Gasteiger partial charge on any atom is -0.478 e. The van der Waals surface area contributed by atoms with Crippen molar-refractivity contribution in [2.75, 3.05) is 5.01 Å². The number of imidazole rings is 1. The number of nitrogens with zero attached hydrogens (tertiary/aromatic N) is 3. The molecule has 1 heterocycles. The molecule has 104 valence electrons. The summed E-state index contributed by atoms with van der Waals surface area (Å²) in [6, 6.07) is 6.27. The van der Waals surface area contributed by atoms with Crippen LogP contribution in [0.4, 0.5) is 5.69 Å². The van der Waals surface area contributed by atoms with Gasteiger partial charge in [0, 0.05) is 13.2 Å². The van der Waals surface area contributed by atoms with Gasteiger partial charge in [-0.1, -0.05) is 6.07 Å². The van der Waals surface area contributed by atoms with Crippen LogP contribution in [0.5, 0.6) is 0 Å². The number of nitrogens with two attached hydrogens (primary N) is 2. The molecule has 7 nitrogen and oxygen atoms in total. The Morgan fingerprint density at radius 2 is 2.25 bits per heavy atom. The number of hydrogen-bond donors (Lipinski definition) is 3. The molecule has 0 aliphatic heterocycles. The first-order valence-corrected chi connectivity index (χ1v) is 5.80. The lowest BCUT2D eigenvalue weighted by Gasteiger charge is -2.15. The minimum absolute atomic E-state index is 0.158. The Morgan fingerprint density at radius 3 is 2.85 bits per heavy atom. The van der Waals surface area contributed by atoms with E-state index in [2.05, 4.69) is 4.98 Å². The number of carbonyl (C=O) groups is 1. The van der Waals surface area contributed by atoms with Crippen molar-refractivity contribution >= 4 is 17.4 Å². The Morgan fingerprint density at radius 1 is 1.50 bits per heavy atom. The van der Waals surface area contributed by atoms with E-state index < -0.39 is 5.97 Å². The van der Waals surface area contributed by atoms with Crippen LogP contribution in [0.25, 0.3) is 5.70 Å². The van der Waals surface area contributed by atoms with Gasteiger partial charge in [0.05, 0.1) is 35.2 Å². The Bertz CT molecular complexity index is 662. The van der Waals surface area contributed by atoms with E-state index in [0.717, 1.165) is 5.69 Å². The molecule has 0 bridgehead atoms. The molecule has 0 atom stereocenters. The van der Waals surface area contributed by atoms with Gasteiger partial charge >= 0.3 is 5.97 Å². The third-order valence-electron chi connectivity index (χ3n) is 2.78. The molecule has 2 aromatic rings. The van der Waals surface area contributed by atoms with E-state index >= 15 is 0 Å². The lowest BCUT2D eigenvalue weighted by atomic mass is 10.2. The normalized spacial score (nSPS) is 11.4. The molecule has 0 amide bonds. The van der Waals surface area contributed by atoms with Crippen molar-refractivity contribution in [3.8, 4) is 0 Å². The number of aryl methyl sites for hydroxylation is 1. The zero-order valence-electron chi connectivity index (χ0n) is 10.9. The first-order chi connectivity index (χ1) is 9.49. The van der Waals surface area contributed by atoms with Gasteiger partial charge < -0.3 is 15.4 Å². The largest absolute Gasteiger partial charge is 0.478 e. The standard InChI is InChI=1S/C13H15N5O2/c1-17-8-16-6-12(17)11(14)7-18(15)10-4-2-3-9(5-10)13(19)20/h2-8H,14-15H2,1H3,(H,19,20)/b11-7-. The van der Waals surface area contributed by atoms with Crippen molar-refractivity contribution in [1.82, 2.24) is 9.55 Å². The van der Waals surface area contributed by atoms with Gasteiger partial charge in [-0.25, -0.2) is 15.6 Å². The Labute approximate surface area is 115 Å². The maximum atomic E-state index is 10.9. The molecule has 1 aromatic heterocycles. The molecule has 0 unspecified atom stereocenters. The average Bonchev–Trinajstić information content (AvgIpc) is 2.85. The number of carboxylic acid groups (broad SMARTS) is 1. The van der Waals surface area contributed by atoms with Gasteiger partial charge in [0.15, 0.2) is 0 Å². The molecular weight excluding hydrogens is 258 g/mol. The van der Waals surface area contributed by atoms with Crippen LogP contribution in [0.2, 0.25) is 0 Å². The molecule has 1 aromatic carbocycles. The zero-order valence-corrected chi connectivity index (χ0v) is 10.9. The Kier molecular flexibility index (Phi) is 3.72. The van der Waals surface area contributed by atoms with E-state index in [4.69, 9.17) is 16.7 Å². The number of hydrogen-bond acceptors (Lipinski definition) is 5. The van der Waals surface area contributed by atoms with Crippen molar-refractivity contribution in [3.63, 3.8) is 0 Å². The first-order valence-electron chi connectivity index (χ1n) is 5.80. The molecule has 2 rings (SSSR count). The summed E-state index contributed by atoms with van der Waals surface area (Å²) in [7, 11) is 1.81. The fraction of sp³-hybridized carbons (Fsp3) is 0.0769. The van der Waals surface area contributed by atoms with Gasteiger partial charge in [0.25, 0.3) is 0 Å². The smallest absolute Gasteiger partial charge is 0.335 e. The maximum Gasteiger partial charge on any atom is 0.335 e. The average molecular weight is 273 g/mol. The van der Waals surface area contributed by atoms with Crippen molar-refractivity contribution in [2.45, 2.75) is 0 Å². The quantitative estimate of drug-likeness (QED) is 0.560. The van der Waals surface area contributed by atoms with Crippen LogP contribution in [-0.4, -0.2) is 20.6 Å². The molecule has 0 saturated carbocycles. The first kappa shape index (κ1) is 13.6. The van der Waals surface area contributed by atoms with Gasteiger partial charge in [0.1, 0.15) is 0 Å². The van der Waals surface area contributed by atoms with Crippen molar-refractivity contribution in [2.24, 2.45) is 18.6 Å². The summed E-state index contributed by atoms with van der Waals surface area (Å²) in [4.78, 5) is 14.9. The fourth-order valence-corrected chi connectivity index (χ4v) is 1.73. The van der Waals surface area contributed by atoms with Gasteiger partial charge in [-0.2, -0.15) is 0 Å². The summed E-state index contributed by atoms with van der Waals surface area (Å²) in [6.07, 6.45) is 4.76. The van der Waals surface area contributed by atoms with Crippen LogP contribution in [0, 0.1) is 0 Å². The second kappa shape index (κ2) is 5.45. The summed E-state index contributed by atoms with van der Waals surface area (Å²) >= 11 is 0. The lowest BCUT2D eigenvalue weighted by Crippen LogP contribution is -2.26. The van der Waals surface area contributed by atoms with Gasteiger partial charge in [-0.3, -0.25) is 5.01 Å². The highest BCUT2D eigenvalue weighted by molar-refractivity contribution is 5.88. The number of rotatable bonds is 4. The fourth-order valence-electron chi connectivity index (χ4n) is 1.73. The number of anilines is 1. The topological polar surface area (TPSA) is 110 Å². The number of carboxylic acids is 1. The van der Waals surface area contributed by atoms with E-state index in [1.165, 1.54) is 23.3 Å². The molecule has 0 aliphatic carbocycles. The molecule has 0 saturated heterocycles. The number of hydrazine groups is 1. The molecule has 0 spiro atoms. The van der Waals surface area contributed by atoms with Crippen molar-refractivity contribution in [1.29, 1.82) is 0 Å². The third-order valence-corrected chi connectivity index (χ3v) is 2.78. The number of benzene rings is 1. The van der Waals surface area contributed by atoms with Crippen LogP contribution in [0.15, 0.2) is 43.0 Å². The van der Waals surface area contributed by atoms with Crippen LogP contribution in [0.3, 0.4) is 0 Å². The molecule has 0 aliphatic rings. The summed E-state index contributed by atoms with van der Waals surface area (Å²) in [5, 5.41) is 10.2. The zero-order chi connectivity index (χ0) is 14.7. The number of aromatic nitrogens is 2. The molecule has 7 heteroatoms. The maximum absolute atomic E-state index is 10.9. The van der Waals surface area contributed by atoms with E-state index in [1.54, 1.807) is 29.2 Å². The van der Waals surface area contributed by atoms with Gasteiger partial charge in [0.2, 0.25) is 0 Å². The Hall–Kier alpha value is -2.80. The minimum atomic E-state index is -1.01. The van der Waals surface area contributed by atoms with E-state index in [9.17, 15) is 4.79 Å².